The molecular weight excluding hydrogens is 444 g/mol. The first-order valence-corrected chi connectivity index (χ1v) is 10.5. The molecule has 2 aliphatic rings. The van der Waals surface area contributed by atoms with Gasteiger partial charge in [-0.25, -0.2) is 9.37 Å². The molecule has 7 nitrogen and oxygen atoms in total. The molecule has 2 atom stereocenters. The van der Waals surface area contributed by atoms with Gasteiger partial charge in [-0.05, 0) is 6.07 Å². The van der Waals surface area contributed by atoms with E-state index in [0.717, 1.165) is 0 Å². The quantitative estimate of drug-likeness (QED) is 0.567. The molecule has 3 aromatic rings. The van der Waals surface area contributed by atoms with Crippen LogP contribution in [0, 0.1) is 5.82 Å². The van der Waals surface area contributed by atoms with Crippen LogP contribution in [0.4, 0.5) is 23.2 Å². The van der Waals surface area contributed by atoms with Gasteiger partial charge in [0.15, 0.2) is 0 Å². The van der Waals surface area contributed by atoms with E-state index in [1.165, 1.54) is 25.3 Å². The number of halogens is 4. The van der Waals surface area contributed by atoms with Crippen molar-refractivity contribution in [3.8, 4) is 11.5 Å². The lowest BCUT2D eigenvalue weighted by atomic mass is 9.94. The van der Waals surface area contributed by atoms with Crippen molar-refractivity contribution in [3.63, 3.8) is 0 Å². The topological polar surface area (TPSA) is 71.6 Å². The molecule has 0 aliphatic carbocycles. The second-order valence-electron chi connectivity index (χ2n) is 7.99. The van der Waals surface area contributed by atoms with Gasteiger partial charge in [0, 0.05) is 36.9 Å². The van der Waals surface area contributed by atoms with Crippen LogP contribution in [0.2, 0.25) is 0 Å². The third-order valence-corrected chi connectivity index (χ3v) is 6.00. The molecule has 0 spiro atoms. The Kier molecular flexibility index (Phi) is 5.53. The number of alkyl halides is 3. The van der Waals surface area contributed by atoms with Crippen LogP contribution >= 0.6 is 0 Å². The summed E-state index contributed by atoms with van der Waals surface area (Å²) in [7, 11) is 1.44. The van der Waals surface area contributed by atoms with E-state index < -0.39 is 23.9 Å². The Bertz CT molecular complexity index is 1160. The zero-order chi connectivity index (χ0) is 23.2. The molecule has 2 N–H and O–H groups in total. The van der Waals surface area contributed by atoms with Crippen molar-refractivity contribution in [1.29, 1.82) is 0 Å². The van der Waals surface area contributed by atoms with E-state index in [-0.39, 0.29) is 23.7 Å². The molecule has 5 rings (SSSR count). The maximum Gasteiger partial charge on any atom is 0.449 e. The summed E-state index contributed by atoms with van der Waals surface area (Å²) in [5.74, 6) is -0.748. The van der Waals surface area contributed by atoms with E-state index >= 15 is 0 Å². The minimum absolute atomic E-state index is 0.138. The van der Waals surface area contributed by atoms with Gasteiger partial charge in [0.05, 0.1) is 43.6 Å². The molecule has 0 amide bonds. The highest BCUT2D eigenvalue weighted by Crippen LogP contribution is 2.40. The zero-order valence-electron chi connectivity index (χ0n) is 17.7. The van der Waals surface area contributed by atoms with E-state index in [0.29, 0.717) is 49.1 Å². The summed E-state index contributed by atoms with van der Waals surface area (Å²) in [6, 6.07) is 6.82. The number of nitrogens with one attached hydrogen (secondary N) is 2. The molecule has 0 unspecified atom stereocenters. The Morgan fingerprint density at radius 3 is 2.70 bits per heavy atom. The van der Waals surface area contributed by atoms with Crippen LogP contribution in [0.15, 0.2) is 30.3 Å². The Balaban J connectivity index is 1.59. The van der Waals surface area contributed by atoms with Crippen LogP contribution in [-0.2, 0) is 10.9 Å². The fourth-order valence-electron chi connectivity index (χ4n) is 4.39. The van der Waals surface area contributed by atoms with Gasteiger partial charge < -0.3 is 24.5 Å². The summed E-state index contributed by atoms with van der Waals surface area (Å²) in [5, 5.41) is 3.37. The molecule has 1 saturated heterocycles. The minimum atomic E-state index is -4.62. The lowest BCUT2D eigenvalue weighted by Crippen LogP contribution is -2.52. The number of aromatic nitrogens is 2. The van der Waals surface area contributed by atoms with Crippen LogP contribution in [-0.4, -0.2) is 60.9 Å². The lowest BCUT2D eigenvalue weighted by molar-refractivity contribution is -0.144. The van der Waals surface area contributed by atoms with Gasteiger partial charge in [0.25, 0.3) is 0 Å². The number of anilines is 1. The molecule has 1 aromatic heterocycles. The van der Waals surface area contributed by atoms with Crippen LogP contribution in [0.1, 0.15) is 17.4 Å². The largest absolute Gasteiger partial charge is 0.497 e. The summed E-state index contributed by atoms with van der Waals surface area (Å²) in [4.78, 5) is 8.35. The highest BCUT2D eigenvalue weighted by Gasteiger charge is 2.38. The molecule has 33 heavy (non-hydrogen) atoms. The lowest BCUT2D eigenvalue weighted by Gasteiger charge is -2.42. The van der Waals surface area contributed by atoms with Crippen molar-refractivity contribution in [2.75, 3.05) is 45.3 Å². The number of hydrogen-bond donors (Lipinski definition) is 2. The molecule has 0 radical (unpaired) electrons. The SMILES string of the molecule is COc1cc(N[C@H]2c3ccc(F)cc3OC[C@@H]2N2CCOCC2)c2nc(C(F)(F)F)[nH]c2c1. The number of methoxy groups -OCH3 is 1. The summed E-state index contributed by atoms with van der Waals surface area (Å²) >= 11 is 0. The third kappa shape index (κ3) is 4.18. The molecule has 1 fully saturated rings. The van der Waals surface area contributed by atoms with Gasteiger partial charge in [0.2, 0.25) is 5.82 Å². The average molecular weight is 466 g/mol. The highest BCUT2D eigenvalue weighted by atomic mass is 19.4. The van der Waals surface area contributed by atoms with Gasteiger partial charge in [-0.3, -0.25) is 4.90 Å². The van der Waals surface area contributed by atoms with Crippen molar-refractivity contribution < 1.29 is 31.8 Å². The number of morpholine rings is 1. The molecule has 176 valence electrons. The first kappa shape index (κ1) is 21.8. The summed E-state index contributed by atoms with van der Waals surface area (Å²) in [6.45, 7) is 2.78. The number of hydrogen-bond acceptors (Lipinski definition) is 6. The maximum absolute atomic E-state index is 13.9. The van der Waals surface area contributed by atoms with Gasteiger partial charge in [-0.1, -0.05) is 6.07 Å². The fraction of sp³-hybridized carbons (Fsp3) is 0.409. The van der Waals surface area contributed by atoms with Crippen molar-refractivity contribution in [1.82, 2.24) is 14.9 Å². The minimum Gasteiger partial charge on any atom is -0.497 e. The van der Waals surface area contributed by atoms with E-state index in [1.54, 1.807) is 12.1 Å². The Labute approximate surface area is 186 Å². The Morgan fingerprint density at radius 2 is 1.97 bits per heavy atom. The van der Waals surface area contributed by atoms with Gasteiger partial charge in [-0.15, -0.1) is 0 Å². The molecule has 0 bridgehead atoms. The average Bonchev–Trinajstić information content (AvgIpc) is 3.25. The fourth-order valence-corrected chi connectivity index (χ4v) is 4.39. The molecule has 11 heteroatoms. The molecule has 2 aromatic carbocycles. The van der Waals surface area contributed by atoms with E-state index in [9.17, 15) is 17.6 Å². The molecule has 0 saturated carbocycles. The third-order valence-electron chi connectivity index (χ3n) is 6.00. The first-order chi connectivity index (χ1) is 15.8. The number of ether oxygens (including phenoxy) is 3. The number of imidazole rings is 1. The van der Waals surface area contributed by atoms with Crippen LogP contribution in [0.5, 0.6) is 11.5 Å². The van der Waals surface area contributed by atoms with E-state index in [1.807, 2.05) is 0 Å². The monoisotopic (exact) mass is 466 g/mol. The number of rotatable bonds is 4. The standard InChI is InChI=1S/C22H22F4N4O3/c1-31-13-9-15(20-16(10-13)28-21(29-20)22(24,25)26)27-19-14-3-2-12(23)8-18(14)33-11-17(19)30-4-6-32-7-5-30/h2-3,8-10,17,19,27H,4-7,11H2,1H3,(H,28,29)/t17-,19-/m0/s1. The van der Waals surface area contributed by atoms with Crippen LogP contribution in [0.25, 0.3) is 11.0 Å². The maximum atomic E-state index is 13.9. The molecule has 2 aliphatic heterocycles. The number of fused-ring (bicyclic) bond motifs is 2. The van der Waals surface area contributed by atoms with Crippen LogP contribution in [0.3, 0.4) is 0 Å². The van der Waals surface area contributed by atoms with Gasteiger partial charge in [0.1, 0.15) is 29.4 Å². The van der Waals surface area contributed by atoms with Crippen molar-refractivity contribution in [2.45, 2.75) is 18.3 Å². The Hall–Kier alpha value is -3.05. The highest BCUT2D eigenvalue weighted by molar-refractivity contribution is 5.90. The number of aromatic amines is 1. The predicted molar refractivity (Wildman–Crippen MR) is 112 cm³/mol. The van der Waals surface area contributed by atoms with E-state index in [4.69, 9.17) is 14.2 Å². The van der Waals surface area contributed by atoms with Gasteiger partial charge in [-0.2, -0.15) is 13.2 Å². The van der Waals surface area contributed by atoms with Crippen molar-refractivity contribution >= 4 is 16.7 Å². The first-order valence-electron chi connectivity index (χ1n) is 10.5. The second-order valence-corrected chi connectivity index (χ2v) is 7.99. The molecular formula is C22H22F4N4O3. The summed E-state index contributed by atoms with van der Waals surface area (Å²) < 4.78 is 70.5. The smallest absolute Gasteiger partial charge is 0.449 e. The summed E-state index contributed by atoms with van der Waals surface area (Å²) in [5.41, 5.74) is 1.41. The van der Waals surface area contributed by atoms with Crippen LogP contribution < -0.4 is 14.8 Å². The second kappa shape index (κ2) is 8.38. The van der Waals surface area contributed by atoms with Crippen molar-refractivity contribution in [2.24, 2.45) is 0 Å². The molecule has 3 heterocycles. The normalized spacial score (nSPS) is 21.5. The summed E-state index contributed by atoms with van der Waals surface area (Å²) in [6.07, 6.45) is -4.62. The van der Waals surface area contributed by atoms with Gasteiger partial charge >= 0.3 is 6.18 Å². The number of nitrogens with zero attached hydrogens (tertiary/aromatic N) is 2. The zero-order valence-corrected chi connectivity index (χ0v) is 17.7. The number of benzene rings is 2. The predicted octanol–water partition coefficient (Wildman–Crippen LogP) is 3.98. The van der Waals surface area contributed by atoms with Crippen molar-refractivity contribution in [3.05, 3.63) is 47.5 Å². The van der Waals surface area contributed by atoms with E-state index in [2.05, 4.69) is 20.2 Å². The number of H-pyrrole nitrogens is 1. The Morgan fingerprint density at radius 1 is 1.18 bits per heavy atom.